The number of hydrogen-bond donors (Lipinski definition) is 0. The number of aryl methyl sites for hydroxylation is 1. The molecule has 2 rings (SSSR count). The lowest BCUT2D eigenvalue weighted by Gasteiger charge is -2.07. The number of nitrogens with zero attached hydrogens (tertiary/aromatic N) is 1. The Hall–Kier alpha value is -1.49. The molecule has 0 saturated carbocycles. The summed E-state index contributed by atoms with van der Waals surface area (Å²) in [5.41, 5.74) is 1.66. The van der Waals surface area contributed by atoms with Crippen LogP contribution in [0.5, 0.6) is 0 Å². The number of aromatic nitrogens is 1. The second kappa shape index (κ2) is 4.41. The van der Waals surface area contributed by atoms with Gasteiger partial charge in [-0.3, -0.25) is 4.98 Å². The van der Waals surface area contributed by atoms with Crippen LogP contribution < -0.4 is 0 Å². The molecule has 0 fully saturated rings. The van der Waals surface area contributed by atoms with Crippen LogP contribution in [0.15, 0.2) is 22.8 Å². The number of carbonyl (C=O) groups is 1. The van der Waals surface area contributed by atoms with Gasteiger partial charge in [-0.1, -0.05) is 0 Å². The maximum Gasteiger partial charge on any atom is 0.340 e. The smallest absolute Gasteiger partial charge is 0.340 e. The molecule has 0 amide bonds. The normalized spacial score (nSPS) is 10.6. The van der Waals surface area contributed by atoms with Gasteiger partial charge in [0.15, 0.2) is 0 Å². The maximum absolute atomic E-state index is 13.3. The maximum atomic E-state index is 13.3. The van der Waals surface area contributed by atoms with Crippen molar-refractivity contribution in [3.05, 3.63) is 39.7 Å². The molecular formula is C12H9BrFNO2. The van der Waals surface area contributed by atoms with E-state index in [0.717, 1.165) is 5.56 Å². The number of fused-ring (bicyclic) bond motifs is 1. The Kier molecular flexibility index (Phi) is 3.11. The van der Waals surface area contributed by atoms with E-state index in [1.807, 2.05) is 0 Å². The first kappa shape index (κ1) is 12.0. The second-order valence-electron chi connectivity index (χ2n) is 3.60. The predicted molar refractivity (Wildman–Crippen MR) is 65.5 cm³/mol. The number of esters is 1. The molecule has 5 heteroatoms. The molecule has 3 nitrogen and oxygen atoms in total. The van der Waals surface area contributed by atoms with E-state index in [9.17, 15) is 9.18 Å². The van der Waals surface area contributed by atoms with Crippen molar-refractivity contribution in [2.45, 2.75) is 6.92 Å². The lowest BCUT2D eigenvalue weighted by molar-refractivity contribution is 0.0599. The minimum atomic E-state index is -0.506. The Morgan fingerprint density at radius 3 is 2.82 bits per heavy atom. The Morgan fingerprint density at radius 2 is 2.18 bits per heavy atom. The lowest BCUT2D eigenvalue weighted by atomic mass is 10.1. The summed E-state index contributed by atoms with van der Waals surface area (Å²) in [5, 5.41) is 0.561. The highest BCUT2D eigenvalue weighted by Crippen LogP contribution is 2.29. The van der Waals surface area contributed by atoms with Crippen LogP contribution in [0.1, 0.15) is 15.9 Å². The summed E-state index contributed by atoms with van der Waals surface area (Å²) >= 11 is 3.28. The highest BCUT2D eigenvalue weighted by molar-refractivity contribution is 9.10. The molecule has 88 valence electrons. The van der Waals surface area contributed by atoms with Crippen molar-refractivity contribution in [1.29, 1.82) is 0 Å². The molecule has 0 unspecified atom stereocenters. The van der Waals surface area contributed by atoms with Crippen LogP contribution in [-0.2, 0) is 4.74 Å². The summed E-state index contributed by atoms with van der Waals surface area (Å²) < 4.78 is 18.4. The Balaban J connectivity index is 2.79. The molecule has 0 radical (unpaired) electrons. The Labute approximate surface area is 106 Å². The number of ether oxygens (including phenoxy) is 1. The molecular weight excluding hydrogens is 289 g/mol. The zero-order chi connectivity index (χ0) is 12.6. The van der Waals surface area contributed by atoms with Gasteiger partial charge in [-0.25, -0.2) is 9.18 Å². The van der Waals surface area contributed by atoms with Gasteiger partial charge < -0.3 is 4.74 Å². The van der Waals surface area contributed by atoms with Gasteiger partial charge in [-0.15, -0.1) is 0 Å². The summed E-state index contributed by atoms with van der Waals surface area (Å²) in [6, 6.07) is 2.74. The topological polar surface area (TPSA) is 39.2 Å². The monoisotopic (exact) mass is 297 g/mol. The molecule has 17 heavy (non-hydrogen) atoms. The SMILES string of the molecule is COC(=O)c1cnc2c(C)cc(F)cc2c1Br. The van der Waals surface area contributed by atoms with Crippen LogP contribution in [0.3, 0.4) is 0 Å². The van der Waals surface area contributed by atoms with Gasteiger partial charge in [0.05, 0.1) is 18.2 Å². The average Bonchev–Trinajstić information content (AvgIpc) is 2.29. The van der Waals surface area contributed by atoms with Crippen LogP contribution >= 0.6 is 15.9 Å². The van der Waals surface area contributed by atoms with Gasteiger partial charge >= 0.3 is 5.97 Å². The van der Waals surface area contributed by atoms with Gasteiger partial charge in [0, 0.05) is 16.1 Å². The van der Waals surface area contributed by atoms with Crippen LogP contribution in [-0.4, -0.2) is 18.1 Å². The number of pyridine rings is 1. The Morgan fingerprint density at radius 1 is 1.47 bits per heavy atom. The summed E-state index contributed by atoms with van der Waals surface area (Å²) in [5.74, 6) is -0.868. The van der Waals surface area contributed by atoms with Crippen molar-refractivity contribution in [1.82, 2.24) is 4.98 Å². The minimum absolute atomic E-state index is 0.282. The molecule has 2 aromatic rings. The van der Waals surface area contributed by atoms with Gasteiger partial charge in [-0.2, -0.15) is 0 Å². The molecule has 0 aliphatic rings. The van der Waals surface area contributed by atoms with Gasteiger partial charge in [0.25, 0.3) is 0 Å². The van der Waals surface area contributed by atoms with Gasteiger partial charge in [0.2, 0.25) is 0 Å². The molecule has 0 atom stereocenters. The van der Waals surface area contributed by atoms with E-state index in [4.69, 9.17) is 0 Å². The fourth-order valence-corrected chi connectivity index (χ4v) is 2.22. The van der Waals surface area contributed by atoms with Gasteiger partial charge in [0.1, 0.15) is 5.82 Å². The molecule has 1 aromatic heterocycles. The van der Waals surface area contributed by atoms with Crippen LogP contribution in [0.2, 0.25) is 0 Å². The fourth-order valence-electron chi connectivity index (χ4n) is 1.66. The molecule has 1 aromatic carbocycles. The molecule has 0 N–H and O–H groups in total. The average molecular weight is 298 g/mol. The highest BCUT2D eigenvalue weighted by atomic mass is 79.9. The summed E-state index contributed by atoms with van der Waals surface area (Å²) in [7, 11) is 1.29. The van der Waals surface area contributed by atoms with Crippen molar-refractivity contribution in [3.63, 3.8) is 0 Å². The third-order valence-electron chi connectivity index (χ3n) is 2.47. The molecule has 1 heterocycles. The number of hydrogen-bond acceptors (Lipinski definition) is 3. The van der Waals surface area contributed by atoms with Crippen LogP contribution in [0, 0.1) is 12.7 Å². The fraction of sp³-hybridized carbons (Fsp3) is 0.167. The van der Waals surface area contributed by atoms with E-state index < -0.39 is 5.97 Å². The number of halogens is 2. The molecule has 0 aliphatic carbocycles. The highest BCUT2D eigenvalue weighted by Gasteiger charge is 2.15. The second-order valence-corrected chi connectivity index (χ2v) is 4.39. The first-order valence-electron chi connectivity index (χ1n) is 4.87. The van der Waals surface area contributed by atoms with Gasteiger partial charge in [-0.05, 0) is 40.5 Å². The molecule has 0 bridgehead atoms. The number of rotatable bonds is 1. The van der Waals surface area contributed by atoms with Crippen molar-refractivity contribution in [2.24, 2.45) is 0 Å². The third kappa shape index (κ3) is 2.02. The summed E-state index contributed by atoms with van der Waals surface area (Å²) in [6.07, 6.45) is 1.42. The van der Waals surface area contributed by atoms with E-state index in [2.05, 4.69) is 25.7 Å². The van der Waals surface area contributed by atoms with E-state index >= 15 is 0 Å². The van der Waals surface area contributed by atoms with Crippen molar-refractivity contribution >= 4 is 32.8 Å². The zero-order valence-electron chi connectivity index (χ0n) is 9.25. The van der Waals surface area contributed by atoms with E-state index in [0.29, 0.717) is 15.4 Å². The summed E-state index contributed by atoms with van der Waals surface area (Å²) in [6.45, 7) is 1.77. The summed E-state index contributed by atoms with van der Waals surface area (Å²) in [4.78, 5) is 15.6. The zero-order valence-corrected chi connectivity index (χ0v) is 10.8. The van der Waals surface area contributed by atoms with Crippen molar-refractivity contribution in [2.75, 3.05) is 7.11 Å². The van der Waals surface area contributed by atoms with E-state index in [1.165, 1.54) is 25.4 Å². The predicted octanol–water partition coefficient (Wildman–Crippen LogP) is 3.23. The Bertz CT molecular complexity index is 613. The molecule has 0 aliphatic heterocycles. The minimum Gasteiger partial charge on any atom is -0.465 e. The van der Waals surface area contributed by atoms with Crippen LogP contribution in [0.25, 0.3) is 10.9 Å². The lowest BCUT2D eigenvalue weighted by Crippen LogP contribution is -2.04. The van der Waals surface area contributed by atoms with E-state index in [1.54, 1.807) is 6.92 Å². The molecule has 0 spiro atoms. The quantitative estimate of drug-likeness (QED) is 0.759. The largest absolute Gasteiger partial charge is 0.465 e. The first-order valence-corrected chi connectivity index (χ1v) is 5.66. The van der Waals surface area contributed by atoms with Crippen molar-refractivity contribution in [3.8, 4) is 0 Å². The van der Waals surface area contributed by atoms with Crippen molar-refractivity contribution < 1.29 is 13.9 Å². The number of methoxy groups -OCH3 is 1. The molecule has 0 saturated heterocycles. The standard InChI is InChI=1S/C12H9BrFNO2/c1-6-3-7(14)4-8-10(13)9(12(16)17-2)5-15-11(6)8/h3-5H,1-2H3. The number of carbonyl (C=O) groups excluding carboxylic acids is 1. The number of benzene rings is 1. The van der Waals surface area contributed by atoms with Crippen LogP contribution in [0.4, 0.5) is 4.39 Å². The van der Waals surface area contributed by atoms with E-state index in [-0.39, 0.29) is 11.4 Å². The third-order valence-corrected chi connectivity index (χ3v) is 3.32. The first-order chi connectivity index (χ1) is 8.04.